The Morgan fingerprint density at radius 3 is 2.33 bits per heavy atom. The van der Waals surface area contributed by atoms with Gasteiger partial charge < -0.3 is 14.2 Å². The summed E-state index contributed by atoms with van der Waals surface area (Å²) in [7, 11) is -3.44. The van der Waals surface area contributed by atoms with E-state index in [0.717, 1.165) is 12.8 Å². The molecule has 0 rings (SSSR count). The minimum absolute atomic E-state index is 0.118. The molecule has 0 spiro atoms. The predicted octanol–water partition coefficient (Wildman–Crippen LogP) is 3.69. The van der Waals surface area contributed by atoms with E-state index in [1.165, 1.54) is 0 Å². The Kier molecular flexibility index (Phi) is 9.76. The number of rotatable bonds is 9. The third-order valence-electron chi connectivity index (χ3n) is 2.07. The first-order valence-corrected chi connectivity index (χ1v) is 8.12. The average molecular weight is 297 g/mol. The van der Waals surface area contributed by atoms with Crippen molar-refractivity contribution in [1.29, 1.82) is 0 Å². The Morgan fingerprint density at radius 1 is 1.39 bits per heavy atom. The number of hydrogen-bond donors (Lipinski definition) is 1. The molecule has 1 atom stereocenters. The van der Waals surface area contributed by atoms with Crippen LogP contribution in [0.1, 0.15) is 33.6 Å². The van der Waals surface area contributed by atoms with Crippen molar-refractivity contribution in [2.75, 3.05) is 19.8 Å². The molecule has 0 saturated carbocycles. The molecular weight excluding hydrogens is 275 g/mol. The Bertz CT molecular complexity index is 327. The van der Waals surface area contributed by atoms with E-state index in [1.807, 2.05) is 6.92 Å². The smallest absolute Gasteiger partial charge is 0.367 e. The summed E-state index contributed by atoms with van der Waals surface area (Å²) in [5.41, 5.74) is 2.76. The maximum Gasteiger partial charge on any atom is 0.367 e. The molecule has 1 unspecified atom stereocenters. The van der Waals surface area contributed by atoms with E-state index in [0.29, 0.717) is 0 Å². The van der Waals surface area contributed by atoms with Crippen LogP contribution in [-0.2, 0) is 13.6 Å². The molecule has 0 bridgehead atoms. The second-order valence-corrected chi connectivity index (χ2v) is 6.17. The minimum atomic E-state index is -3.44. The SMILES string of the molecule is CCCC(Cl)C=C=C(CO)P(=O)(OCC)OCC. The van der Waals surface area contributed by atoms with Gasteiger partial charge in [-0.2, -0.15) is 0 Å². The molecule has 0 aromatic rings. The van der Waals surface area contributed by atoms with Gasteiger partial charge in [-0.15, -0.1) is 17.3 Å². The molecule has 0 saturated heterocycles. The van der Waals surface area contributed by atoms with Crippen molar-refractivity contribution in [2.24, 2.45) is 0 Å². The molecule has 0 aliphatic carbocycles. The van der Waals surface area contributed by atoms with Crippen molar-refractivity contribution >= 4 is 19.2 Å². The summed E-state index contributed by atoms with van der Waals surface area (Å²) in [6.45, 7) is 5.50. The van der Waals surface area contributed by atoms with Crippen LogP contribution in [0.15, 0.2) is 17.1 Å². The zero-order valence-corrected chi connectivity index (χ0v) is 12.8. The summed E-state index contributed by atoms with van der Waals surface area (Å²) in [5, 5.41) is 9.18. The van der Waals surface area contributed by atoms with Gasteiger partial charge in [-0.1, -0.05) is 13.3 Å². The monoisotopic (exact) mass is 296 g/mol. The van der Waals surface area contributed by atoms with E-state index in [-0.39, 0.29) is 23.9 Å². The zero-order chi connectivity index (χ0) is 14.0. The van der Waals surface area contributed by atoms with Gasteiger partial charge in [0.2, 0.25) is 0 Å². The molecule has 0 radical (unpaired) electrons. The van der Waals surface area contributed by atoms with Crippen LogP contribution in [-0.4, -0.2) is 30.3 Å². The third-order valence-corrected chi connectivity index (χ3v) is 4.55. The summed E-state index contributed by atoms with van der Waals surface area (Å²) >= 11 is 6.00. The van der Waals surface area contributed by atoms with Crippen molar-refractivity contribution in [2.45, 2.75) is 39.0 Å². The van der Waals surface area contributed by atoms with E-state index >= 15 is 0 Å². The quantitative estimate of drug-likeness (QED) is 0.400. The largest absolute Gasteiger partial charge is 0.391 e. The van der Waals surface area contributed by atoms with Gasteiger partial charge in [-0.05, 0) is 26.3 Å². The molecule has 0 aliphatic rings. The maximum absolute atomic E-state index is 12.3. The summed E-state index contributed by atoms with van der Waals surface area (Å²) in [6, 6.07) is 0. The summed E-state index contributed by atoms with van der Waals surface area (Å²) < 4.78 is 22.6. The molecule has 4 nitrogen and oxygen atoms in total. The van der Waals surface area contributed by atoms with Gasteiger partial charge in [0.1, 0.15) is 5.31 Å². The highest BCUT2D eigenvalue weighted by molar-refractivity contribution is 7.58. The highest BCUT2D eigenvalue weighted by Crippen LogP contribution is 2.55. The van der Waals surface area contributed by atoms with Gasteiger partial charge in [0.25, 0.3) is 0 Å². The van der Waals surface area contributed by atoms with Gasteiger partial charge in [0, 0.05) is 0 Å². The van der Waals surface area contributed by atoms with E-state index in [4.69, 9.17) is 20.6 Å². The predicted molar refractivity (Wildman–Crippen MR) is 74.1 cm³/mol. The van der Waals surface area contributed by atoms with Crippen LogP contribution in [0.5, 0.6) is 0 Å². The summed E-state index contributed by atoms with van der Waals surface area (Å²) in [4.78, 5) is 0. The Labute approximate surface area is 114 Å². The highest BCUT2D eigenvalue weighted by atomic mass is 35.5. The molecule has 0 amide bonds. The third kappa shape index (κ3) is 6.19. The molecule has 6 heteroatoms. The second kappa shape index (κ2) is 9.80. The average Bonchev–Trinajstić information content (AvgIpc) is 2.30. The van der Waals surface area contributed by atoms with Gasteiger partial charge in [0.05, 0.1) is 25.2 Å². The zero-order valence-electron chi connectivity index (χ0n) is 11.2. The van der Waals surface area contributed by atoms with Crippen molar-refractivity contribution < 1.29 is 18.7 Å². The number of alkyl halides is 1. The van der Waals surface area contributed by atoms with Gasteiger partial charge in [-0.25, -0.2) is 0 Å². The lowest BCUT2D eigenvalue weighted by atomic mass is 10.2. The van der Waals surface area contributed by atoms with Crippen LogP contribution in [0.4, 0.5) is 0 Å². The lowest BCUT2D eigenvalue weighted by Gasteiger charge is -2.17. The van der Waals surface area contributed by atoms with Crippen LogP contribution in [0.3, 0.4) is 0 Å². The van der Waals surface area contributed by atoms with E-state index in [9.17, 15) is 9.67 Å². The molecular formula is C12H22ClO4P. The fraction of sp³-hybridized carbons (Fsp3) is 0.750. The normalized spacial score (nSPS) is 12.9. The van der Waals surface area contributed by atoms with E-state index in [2.05, 4.69) is 5.73 Å². The van der Waals surface area contributed by atoms with Crippen molar-refractivity contribution in [3.8, 4) is 0 Å². The number of halogens is 1. The lowest BCUT2D eigenvalue weighted by Crippen LogP contribution is -2.01. The van der Waals surface area contributed by atoms with E-state index in [1.54, 1.807) is 19.9 Å². The molecule has 0 fully saturated rings. The maximum atomic E-state index is 12.3. The highest BCUT2D eigenvalue weighted by Gasteiger charge is 2.28. The van der Waals surface area contributed by atoms with E-state index < -0.39 is 14.2 Å². The van der Waals surface area contributed by atoms with Gasteiger partial charge in [-0.3, -0.25) is 4.57 Å². The van der Waals surface area contributed by atoms with Crippen molar-refractivity contribution in [3.05, 3.63) is 17.1 Å². The van der Waals surface area contributed by atoms with Crippen molar-refractivity contribution in [3.63, 3.8) is 0 Å². The first kappa shape index (κ1) is 17.9. The van der Waals surface area contributed by atoms with Gasteiger partial charge in [0.15, 0.2) is 0 Å². The molecule has 0 aromatic carbocycles. The fourth-order valence-electron chi connectivity index (χ4n) is 1.29. The Morgan fingerprint density at radius 2 is 1.94 bits per heavy atom. The molecule has 106 valence electrons. The molecule has 1 N–H and O–H groups in total. The molecule has 0 aromatic heterocycles. The first-order valence-electron chi connectivity index (χ1n) is 6.14. The van der Waals surface area contributed by atoms with Crippen LogP contribution in [0.2, 0.25) is 0 Å². The minimum Gasteiger partial charge on any atom is -0.391 e. The standard InChI is InChI=1S/C12H22ClO4P/c1-4-7-11(13)8-9-12(10-14)18(15,16-5-2)17-6-3/h8,11,14H,4-7,10H2,1-3H3. The lowest BCUT2D eigenvalue weighted by molar-refractivity contribution is 0.220. The summed E-state index contributed by atoms with van der Waals surface area (Å²) in [5.74, 6) is 0. The Balaban J connectivity index is 5.11. The topological polar surface area (TPSA) is 55.8 Å². The fourth-order valence-corrected chi connectivity index (χ4v) is 3.04. The second-order valence-electron chi connectivity index (χ2n) is 3.55. The molecule has 0 heterocycles. The van der Waals surface area contributed by atoms with Crippen LogP contribution < -0.4 is 0 Å². The van der Waals surface area contributed by atoms with Crippen molar-refractivity contribution in [1.82, 2.24) is 0 Å². The first-order chi connectivity index (χ1) is 8.53. The summed E-state index contributed by atoms with van der Waals surface area (Å²) in [6.07, 6.45) is 3.32. The number of hydrogen-bond acceptors (Lipinski definition) is 4. The van der Waals surface area contributed by atoms with Crippen LogP contribution in [0.25, 0.3) is 0 Å². The van der Waals surface area contributed by atoms with Crippen LogP contribution >= 0.6 is 19.2 Å². The van der Waals surface area contributed by atoms with Gasteiger partial charge >= 0.3 is 7.60 Å². The number of aliphatic hydroxyl groups is 1. The number of aliphatic hydroxyl groups excluding tert-OH is 1. The molecule has 18 heavy (non-hydrogen) atoms. The van der Waals surface area contributed by atoms with Crippen LogP contribution in [0, 0.1) is 0 Å². The Hall–Kier alpha value is -0.0800. The molecule has 0 aliphatic heterocycles.